The van der Waals surface area contributed by atoms with Crippen LogP contribution in [0.15, 0.2) is 0 Å². The van der Waals surface area contributed by atoms with Crippen LogP contribution in [0.25, 0.3) is 5.32 Å². The van der Waals surface area contributed by atoms with Crippen molar-refractivity contribution in [1.29, 1.82) is 0 Å². The van der Waals surface area contributed by atoms with Gasteiger partial charge in [0, 0.05) is 0 Å². The molecule has 2 saturated heterocycles. The molecule has 2 atom stereocenters. The second kappa shape index (κ2) is 5.32. The molecule has 2 rings (SSSR count). The average Bonchev–Trinajstić information content (AvgIpc) is 2.05. The predicted molar refractivity (Wildman–Crippen MR) is 42.2 cm³/mol. The van der Waals surface area contributed by atoms with E-state index in [2.05, 4.69) is 10.6 Å². The number of nitrogens with zero attached hydrogens (tertiary/aromatic N) is 1. The molecule has 0 saturated carbocycles. The van der Waals surface area contributed by atoms with Crippen molar-refractivity contribution in [2.45, 2.75) is 12.8 Å². The van der Waals surface area contributed by atoms with Crippen molar-refractivity contribution in [3.8, 4) is 0 Å². The van der Waals surface area contributed by atoms with Crippen molar-refractivity contribution in [3.63, 3.8) is 0 Å². The molecule has 0 aromatic carbocycles. The van der Waals surface area contributed by atoms with Gasteiger partial charge in [0.15, 0.2) is 0 Å². The van der Waals surface area contributed by atoms with E-state index in [4.69, 9.17) is 0 Å². The minimum Gasteiger partial charge on any atom is -0.662 e. The summed E-state index contributed by atoms with van der Waals surface area (Å²) in [5, 5.41) is 7.88. The Balaban J connectivity index is 0.000000605. The molecule has 11 heavy (non-hydrogen) atoms. The van der Waals surface area contributed by atoms with Crippen LogP contribution in [-0.2, 0) is 0 Å². The van der Waals surface area contributed by atoms with E-state index in [0.29, 0.717) is 0 Å². The van der Waals surface area contributed by atoms with E-state index >= 15 is 0 Å². The summed E-state index contributed by atoms with van der Waals surface area (Å²) >= 11 is 0. The Morgan fingerprint density at radius 3 is 2.91 bits per heavy atom. The van der Waals surface area contributed by atoms with Crippen LogP contribution in [0.1, 0.15) is 12.8 Å². The first-order chi connectivity index (χ1) is 4.97. The summed E-state index contributed by atoms with van der Waals surface area (Å²) in [7, 11) is 0. The van der Waals surface area contributed by atoms with Crippen LogP contribution in [-0.4, -0.2) is 26.2 Å². The van der Waals surface area contributed by atoms with Crippen LogP contribution in [0.4, 0.5) is 0 Å². The molecule has 0 bridgehead atoms. The summed E-state index contributed by atoms with van der Waals surface area (Å²) in [6, 6.07) is 0. The smallest absolute Gasteiger partial charge is 0.662 e. The number of piperidine rings is 2. The van der Waals surface area contributed by atoms with E-state index in [1.165, 1.54) is 25.9 Å². The summed E-state index contributed by atoms with van der Waals surface area (Å²) in [5.41, 5.74) is 0. The minimum absolute atomic E-state index is 0. The van der Waals surface area contributed by atoms with Gasteiger partial charge in [0.2, 0.25) is 0 Å². The third-order valence-electron chi connectivity index (χ3n) is 2.79. The topological polar surface area (TPSA) is 26.1 Å². The van der Waals surface area contributed by atoms with Crippen molar-refractivity contribution >= 4 is 0 Å². The molecule has 0 aromatic heterocycles. The Labute approximate surface area is 111 Å². The molecule has 2 unspecified atom stereocenters. The first-order valence-corrected chi connectivity index (χ1v) is 4.31. The first kappa shape index (κ1) is 10.6. The van der Waals surface area contributed by atoms with Crippen LogP contribution >= 0.6 is 0 Å². The van der Waals surface area contributed by atoms with Gasteiger partial charge in [-0.2, -0.15) is 0 Å². The molecular formula is C8H15KN2. The molecule has 2 aliphatic rings. The van der Waals surface area contributed by atoms with E-state index in [9.17, 15) is 0 Å². The molecular weight excluding hydrogens is 163 g/mol. The van der Waals surface area contributed by atoms with Crippen molar-refractivity contribution in [3.05, 3.63) is 5.32 Å². The van der Waals surface area contributed by atoms with Gasteiger partial charge in [-0.3, -0.25) is 0 Å². The summed E-state index contributed by atoms with van der Waals surface area (Å²) < 4.78 is 0. The Kier molecular flexibility index (Phi) is 5.15. The normalized spacial score (nSPS) is 37.1. The molecule has 0 radical (unpaired) electrons. The molecule has 2 fully saturated rings. The Hall–Kier alpha value is 1.56. The zero-order chi connectivity index (χ0) is 6.81. The third-order valence-corrected chi connectivity index (χ3v) is 2.79. The Morgan fingerprint density at radius 1 is 1.18 bits per heavy atom. The fourth-order valence-corrected chi connectivity index (χ4v) is 2.07. The molecule has 58 valence electrons. The third kappa shape index (κ3) is 2.76. The van der Waals surface area contributed by atoms with Gasteiger partial charge in [0.1, 0.15) is 0 Å². The van der Waals surface area contributed by atoms with Gasteiger partial charge in [-0.15, -0.1) is 13.1 Å². The summed E-state index contributed by atoms with van der Waals surface area (Å²) in [4.78, 5) is 0. The molecule has 3 heteroatoms. The summed E-state index contributed by atoms with van der Waals surface area (Å²) in [6.07, 6.45) is 2.69. The standard InChI is InChI=1S/C8H15N2.K/c1-3-9-6-8-2-4-10-5-7(1)8;/h7-9H,1-6H2;/q-1;+1. The molecule has 0 spiro atoms. The molecule has 0 amide bonds. The largest absolute Gasteiger partial charge is 1.00 e. The zero-order valence-corrected chi connectivity index (χ0v) is 10.5. The summed E-state index contributed by atoms with van der Waals surface area (Å²) in [5.74, 6) is 1.88. The fourth-order valence-electron chi connectivity index (χ4n) is 2.07. The molecule has 1 N–H and O–H groups in total. The average molecular weight is 178 g/mol. The Bertz CT molecular complexity index is 92.7. The predicted octanol–water partition coefficient (Wildman–Crippen LogP) is -2.01. The summed E-state index contributed by atoms with van der Waals surface area (Å²) in [6.45, 7) is 4.73. The van der Waals surface area contributed by atoms with Gasteiger partial charge in [0.25, 0.3) is 0 Å². The van der Waals surface area contributed by atoms with Crippen LogP contribution in [0.5, 0.6) is 0 Å². The number of hydrogen-bond donors (Lipinski definition) is 1. The second-order valence-electron chi connectivity index (χ2n) is 3.43. The van der Waals surface area contributed by atoms with Crippen molar-refractivity contribution in [2.24, 2.45) is 11.8 Å². The maximum absolute atomic E-state index is 4.43. The fraction of sp³-hybridized carbons (Fsp3) is 1.00. The second-order valence-corrected chi connectivity index (χ2v) is 3.43. The van der Waals surface area contributed by atoms with E-state index in [1.54, 1.807) is 0 Å². The van der Waals surface area contributed by atoms with Gasteiger partial charge in [-0.05, 0) is 25.4 Å². The van der Waals surface area contributed by atoms with Crippen molar-refractivity contribution < 1.29 is 51.4 Å². The van der Waals surface area contributed by atoms with Gasteiger partial charge in [0.05, 0.1) is 0 Å². The first-order valence-electron chi connectivity index (χ1n) is 4.31. The van der Waals surface area contributed by atoms with Crippen molar-refractivity contribution in [1.82, 2.24) is 5.32 Å². The maximum Gasteiger partial charge on any atom is 1.00 e. The van der Waals surface area contributed by atoms with Crippen LogP contribution in [0, 0.1) is 11.8 Å². The molecule has 2 heterocycles. The van der Waals surface area contributed by atoms with E-state index in [-0.39, 0.29) is 51.4 Å². The van der Waals surface area contributed by atoms with Crippen LogP contribution in [0.2, 0.25) is 0 Å². The van der Waals surface area contributed by atoms with Crippen LogP contribution in [0.3, 0.4) is 0 Å². The zero-order valence-electron chi connectivity index (χ0n) is 7.34. The van der Waals surface area contributed by atoms with E-state index in [0.717, 1.165) is 24.9 Å². The SMILES string of the molecule is C1CC2CNCCC2C[N-]1.[K+]. The monoisotopic (exact) mass is 178 g/mol. The number of nitrogens with one attached hydrogen (secondary N) is 1. The minimum atomic E-state index is 0. The number of rotatable bonds is 0. The van der Waals surface area contributed by atoms with Gasteiger partial charge < -0.3 is 10.6 Å². The Morgan fingerprint density at radius 2 is 2.09 bits per heavy atom. The van der Waals surface area contributed by atoms with E-state index < -0.39 is 0 Å². The van der Waals surface area contributed by atoms with Gasteiger partial charge in [-0.1, -0.05) is 12.3 Å². The molecule has 0 aliphatic carbocycles. The molecule has 2 nitrogen and oxygen atoms in total. The molecule has 2 aliphatic heterocycles. The van der Waals surface area contributed by atoms with Gasteiger partial charge >= 0.3 is 51.4 Å². The van der Waals surface area contributed by atoms with E-state index in [1.807, 2.05) is 0 Å². The maximum atomic E-state index is 4.43. The number of fused-ring (bicyclic) bond motifs is 1. The van der Waals surface area contributed by atoms with Crippen molar-refractivity contribution in [2.75, 3.05) is 26.2 Å². The van der Waals surface area contributed by atoms with Crippen LogP contribution < -0.4 is 56.7 Å². The number of hydrogen-bond acceptors (Lipinski definition) is 1. The quantitative estimate of drug-likeness (QED) is 0.426. The van der Waals surface area contributed by atoms with Gasteiger partial charge in [-0.25, -0.2) is 0 Å². The molecule has 0 aromatic rings.